The Morgan fingerprint density at radius 3 is 2.75 bits per heavy atom. The molecule has 0 aromatic carbocycles. The standard InChI is InChI=1S/C10H14N2O4/c1-3-7(10(14)15)4-11-9(13)8-6(2)12-5-16-8/h5,7H,3-4H2,1-2H3,(H,11,13)(H,14,15). The Kier molecular flexibility index (Phi) is 4.04. The molecule has 0 saturated heterocycles. The van der Waals surface area contributed by atoms with E-state index in [9.17, 15) is 9.59 Å². The van der Waals surface area contributed by atoms with Gasteiger partial charge in [-0.1, -0.05) is 6.92 Å². The van der Waals surface area contributed by atoms with Crippen molar-refractivity contribution in [3.63, 3.8) is 0 Å². The number of rotatable bonds is 5. The van der Waals surface area contributed by atoms with E-state index < -0.39 is 17.8 Å². The van der Waals surface area contributed by atoms with Gasteiger partial charge in [0.05, 0.1) is 11.6 Å². The van der Waals surface area contributed by atoms with Gasteiger partial charge in [-0.25, -0.2) is 4.98 Å². The molecule has 0 fully saturated rings. The highest BCUT2D eigenvalue weighted by molar-refractivity contribution is 5.92. The fourth-order valence-electron chi connectivity index (χ4n) is 1.22. The summed E-state index contributed by atoms with van der Waals surface area (Å²) < 4.78 is 4.88. The van der Waals surface area contributed by atoms with E-state index in [4.69, 9.17) is 9.52 Å². The van der Waals surface area contributed by atoms with E-state index in [0.29, 0.717) is 12.1 Å². The smallest absolute Gasteiger partial charge is 0.308 e. The van der Waals surface area contributed by atoms with Crippen molar-refractivity contribution in [3.05, 3.63) is 17.8 Å². The normalized spacial score (nSPS) is 12.1. The summed E-state index contributed by atoms with van der Waals surface area (Å²) in [5.41, 5.74) is 0.487. The van der Waals surface area contributed by atoms with E-state index in [1.54, 1.807) is 13.8 Å². The second-order valence-electron chi connectivity index (χ2n) is 3.42. The van der Waals surface area contributed by atoms with Crippen molar-refractivity contribution in [1.82, 2.24) is 10.3 Å². The zero-order valence-electron chi connectivity index (χ0n) is 9.19. The molecular weight excluding hydrogens is 212 g/mol. The minimum absolute atomic E-state index is 0.0881. The molecule has 1 atom stereocenters. The molecule has 1 heterocycles. The Balaban J connectivity index is 2.53. The summed E-state index contributed by atoms with van der Waals surface area (Å²) in [5.74, 6) is -1.81. The molecule has 1 unspecified atom stereocenters. The average Bonchev–Trinajstić information content (AvgIpc) is 2.64. The van der Waals surface area contributed by atoms with Crippen LogP contribution in [0.1, 0.15) is 29.6 Å². The number of carbonyl (C=O) groups is 2. The first-order valence-electron chi connectivity index (χ1n) is 4.97. The van der Waals surface area contributed by atoms with Gasteiger partial charge in [0.2, 0.25) is 5.76 Å². The zero-order chi connectivity index (χ0) is 12.1. The van der Waals surface area contributed by atoms with Gasteiger partial charge >= 0.3 is 5.97 Å². The van der Waals surface area contributed by atoms with Crippen molar-refractivity contribution in [3.8, 4) is 0 Å². The van der Waals surface area contributed by atoms with Crippen LogP contribution in [0.4, 0.5) is 0 Å². The molecule has 2 N–H and O–H groups in total. The van der Waals surface area contributed by atoms with Crippen molar-refractivity contribution >= 4 is 11.9 Å². The summed E-state index contributed by atoms with van der Waals surface area (Å²) in [6.07, 6.45) is 1.64. The lowest BCUT2D eigenvalue weighted by Gasteiger charge is -2.09. The molecule has 0 aliphatic heterocycles. The molecule has 0 spiro atoms. The van der Waals surface area contributed by atoms with Crippen LogP contribution in [0, 0.1) is 12.8 Å². The Morgan fingerprint density at radius 2 is 2.31 bits per heavy atom. The third-order valence-corrected chi connectivity index (χ3v) is 2.30. The molecule has 0 radical (unpaired) electrons. The van der Waals surface area contributed by atoms with Gasteiger partial charge in [0.25, 0.3) is 5.91 Å². The molecule has 1 rings (SSSR count). The zero-order valence-corrected chi connectivity index (χ0v) is 9.19. The maximum Gasteiger partial charge on any atom is 0.308 e. The minimum Gasteiger partial charge on any atom is -0.481 e. The maximum absolute atomic E-state index is 11.5. The summed E-state index contributed by atoms with van der Waals surface area (Å²) in [6.45, 7) is 3.49. The fraction of sp³-hybridized carbons (Fsp3) is 0.500. The van der Waals surface area contributed by atoms with Gasteiger partial charge in [0.15, 0.2) is 6.39 Å². The number of nitrogens with one attached hydrogen (secondary N) is 1. The first-order chi connectivity index (χ1) is 7.56. The van der Waals surface area contributed by atoms with Crippen molar-refractivity contribution in [2.75, 3.05) is 6.54 Å². The molecule has 0 bridgehead atoms. The van der Waals surface area contributed by atoms with Gasteiger partial charge in [-0.05, 0) is 13.3 Å². The quantitative estimate of drug-likeness (QED) is 0.775. The predicted octanol–water partition coefficient (Wildman–Crippen LogP) is 0.824. The molecule has 16 heavy (non-hydrogen) atoms. The van der Waals surface area contributed by atoms with Crippen molar-refractivity contribution in [2.45, 2.75) is 20.3 Å². The van der Waals surface area contributed by atoms with Gasteiger partial charge < -0.3 is 14.8 Å². The number of carboxylic acid groups (broad SMARTS) is 1. The number of nitrogens with zero attached hydrogens (tertiary/aromatic N) is 1. The molecule has 0 aliphatic carbocycles. The summed E-state index contributed by atoms with van der Waals surface area (Å²) in [7, 11) is 0. The van der Waals surface area contributed by atoms with Crippen LogP contribution >= 0.6 is 0 Å². The van der Waals surface area contributed by atoms with Crippen LogP contribution in [0.2, 0.25) is 0 Å². The van der Waals surface area contributed by atoms with Crippen LogP contribution in [0.5, 0.6) is 0 Å². The third-order valence-electron chi connectivity index (χ3n) is 2.30. The number of hydrogen-bond acceptors (Lipinski definition) is 4. The van der Waals surface area contributed by atoms with Crippen LogP contribution in [0.25, 0.3) is 0 Å². The number of aromatic nitrogens is 1. The summed E-state index contributed by atoms with van der Waals surface area (Å²) in [5, 5.41) is 11.3. The van der Waals surface area contributed by atoms with Crippen molar-refractivity contribution < 1.29 is 19.1 Å². The molecule has 1 aromatic rings. The maximum atomic E-state index is 11.5. The van der Waals surface area contributed by atoms with E-state index in [1.807, 2.05) is 0 Å². The van der Waals surface area contributed by atoms with Crippen LogP contribution in [0.15, 0.2) is 10.8 Å². The Hall–Kier alpha value is -1.85. The third kappa shape index (κ3) is 2.82. The van der Waals surface area contributed by atoms with Gasteiger partial charge in [-0.3, -0.25) is 9.59 Å². The van der Waals surface area contributed by atoms with Crippen LogP contribution in [0.3, 0.4) is 0 Å². The van der Waals surface area contributed by atoms with Crippen molar-refractivity contribution in [1.29, 1.82) is 0 Å². The first-order valence-corrected chi connectivity index (χ1v) is 4.97. The molecule has 6 heteroatoms. The first kappa shape index (κ1) is 12.2. The number of oxazole rings is 1. The van der Waals surface area contributed by atoms with E-state index in [2.05, 4.69) is 10.3 Å². The highest BCUT2D eigenvalue weighted by Gasteiger charge is 2.18. The second kappa shape index (κ2) is 5.29. The van der Waals surface area contributed by atoms with Crippen LogP contribution in [-0.2, 0) is 4.79 Å². The second-order valence-corrected chi connectivity index (χ2v) is 3.42. The molecule has 1 aromatic heterocycles. The minimum atomic E-state index is -0.919. The largest absolute Gasteiger partial charge is 0.481 e. The molecule has 0 aliphatic rings. The van der Waals surface area contributed by atoms with Crippen LogP contribution in [-0.4, -0.2) is 28.5 Å². The van der Waals surface area contributed by atoms with Crippen LogP contribution < -0.4 is 5.32 Å². The highest BCUT2D eigenvalue weighted by atomic mass is 16.4. The number of carbonyl (C=O) groups excluding carboxylic acids is 1. The molecular formula is C10H14N2O4. The van der Waals surface area contributed by atoms with E-state index in [1.165, 1.54) is 6.39 Å². The lowest BCUT2D eigenvalue weighted by Crippen LogP contribution is -2.32. The SMILES string of the molecule is CCC(CNC(=O)c1ocnc1C)C(=O)O. The summed E-state index contributed by atoms with van der Waals surface area (Å²) in [4.78, 5) is 26.0. The number of amides is 1. The number of hydrogen-bond donors (Lipinski definition) is 2. The predicted molar refractivity (Wildman–Crippen MR) is 55.0 cm³/mol. The average molecular weight is 226 g/mol. The van der Waals surface area contributed by atoms with Gasteiger partial charge in [-0.15, -0.1) is 0 Å². The lowest BCUT2D eigenvalue weighted by molar-refractivity contribution is -0.141. The summed E-state index contributed by atoms with van der Waals surface area (Å²) >= 11 is 0. The topological polar surface area (TPSA) is 92.4 Å². The molecule has 1 amide bonds. The Bertz CT molecular complexity index is 386. The van der Waals surface area contributed by atoms with E-state index >= 15 is 0 Å². The number of aryl methyl sites for hydroxylation is 1. The van der Waals surface area contributed by atoms with E-state index in [0.717, 1.165) is 0 Å². The monoisotopic (exact) mass is 226 g/mol. The highest BCUT2D eigenvalue weighted by Crippen LogP contribution is 2.06. The van der Waals surface area contributed by atoms with Crippen molar-refractivity contribution in [2.24, 2.45) is 5.92 Å². The van der Waals surface area contributed by atoms with Gasteiger partial charge in [0, 0.05) is 6.54 Å². The lowest BCUT2D eigenvalue weighted by atomic mass is 10.1. The Labute approximate surface area is 92.7 Å². The van der Waals surface area contributed by atoms with Gasteiger partial charge in [0.1, 0.15) is 0 Å². The fourth-order valence-corrected chi connectivity index (χ4v) is 1.22. The van der Waals surface area contributed by atoms with E-state index in [-0.39, 0.29) is 12.3 Å². The number of aliphatic carboxylic acids is 1. The Morgan fingerprint density at radius 1 is 1.62 bits per heavy atom. The molecule has 6 nitrogen and oxygen atoms in total. The molecule has 0 saturated carbocycles. The van der Waals surface area contributed by atoms with Gasteiger partial charge in [-0.2, -0.15) is 0 Å². The number of carboxylic acids is 1. The molecule has 88 valence electrons. The summed E-state index contributed by atoms with van der Waals surface area (Å²) in [6, 6.07) is 0.